The maximum Gasteiger partial charge on any atom is 0.155 e. The van der Waals surface area contributed by atoms with E-state index < -0.39 is 5.41 Å². The van der Waals surface area contributed by atoms with E-state index >= 15 is 0 Å². The molecule has 4 nitrogen and oxygen atoms in total. The smallest absolute Gasteiger partial charge is 0.155 e. The summed E-state index contributed by atoms with van der Waals surface area (Å²) in [6.07, 6.45) is 5.94. The second-order valence-corrected chi connectivity index (χ2v) is 5.51. The topological polar surface area (TPSA) is 65.4 Å². The van der Waals surface area contributed by atoms with Crippen molar-refractivity contribution in [2.24, 2.45) is 0 Å². The lowest BCUT2D eigenvalue weighted by atomic mass is 9.80. The number of allylic oxidation sites excluding steroid dienone is 1. The summed E-state index contributed by atoms with van der Waals surface area (Å²) < 4.78 is 0. The van der Waals surface area contributed by atoms with Gasteiger partial charge in [0.05, 0.1) is 17.7 Å². The Balaban J connectivity index is 2.14. The summed E-state index contributed by atoms with van der Waals surface area (Å²) in [5.41, 5.74) is 3.29. The fraction of sp³-hybridized carbons (Fsp3) is 0.167. The highest BCUT2D eigenvalue weighted by atomic mass is 15.1. The minimum Gasteiger partial charge on any atom is -0.261 e. The third-order valence-electron chi connectivity index (χ3n) is 3.96. The summed E-state index contributed by atoms with van der Waals surface area (Å²) in [7, 11) is 0. The number of hydrogen-bond acceptors (Lipinski definition) is 3. The Morgan fingerprint density at radius 2 is 2.27 bits per heavy atom. The van der Waals surface area contributed by atoms with Gasteiger partial charge in [0.15, 0.2) is 5.65 Å². The van der Waals surface area contributed by atoms with Crippen LogP contribution in [0.3, 0.4) is 0 Å². The van der Waals surface area contributed by atoms with Crippen LogP contribution >= 0.6 is 0 Å². The molecule has 0 bridgehead atoms. The standard InChI is InChI=1S/C18H16N4/c1-3-8-18(2,12-19)14-6-4-5-13(10-14)15-7-9-20-17-16(15)11-21-22-17/h3-7,9-11H,1,8H2,2H3,(H,20,21,22). The molecule has 22 heavy (non-hydrogen) atoms. The van der Waals surface area contributed by atoms with E-state index in [0.29, 0.717) is 6.42 Å². The first-order valence-electron chi connectivity index (χ1n) is 7.09. The Labute approximate surface area is 129 Å². The number of aromatic nitrogens is 3. The molecule has 108 valence electrons. The zero-order valence-electron chi connectivity index (χ0n) is 12.4. The molecule has 1 atom stereocenters. The predicted molar refractivity (Wildman–Crippen MR) is 87.1 cm³/mol. The van der Waals surface area contributed by atoms with Gasteiger partial charge in [-0.15, -0.1) is 6.58 Å². The van der Waals surface area contributed by atoms with Crippen molar-refractivity contribution in [2.45, 2.75) is 18.8 Å². The molecular weight excluding hydrogens is 272 g/mol. The molecule has 0 aliphatic rings. The van der Waals surface area contributed by atoms with Crippen LogP contribution in [0.15, 0.2) is 55.4 Å². The highest BCUT2D eigenvalue weighted by molar-refractivity contribution is 5.92. The summed E-state index contributed by atoms with van der Waals surface area (Å²) in [6.45, 7) is 5.70. The quantitative estimate of drug-likeness (QED) is 0.738. The minimum atomic E-state index is -0.569. The molecule has 3 aromatic rings. The molecule has 0 aliphatic heterocycles. The number of rotatable bonds is 4. The van der Waals surface area contributed by atoms with Gasteiger partial charge in [0.2, 0.25) is 0 Å². The number of benzene rings is 1. The monoisotopic (exact) mass is 288 g/mol. The summed E-state index contributed by atoms with van der Waals surface area (Å²) in [4.78, 5) is 4.26. The van der Waals surface area contributed by atoms with E-state index in [0.717, 1.165) is 27.7 Å². The summed E-state index contributed by atoms with van der Waals surface area (Å²) >= 11 is 0. The van der Waals surface area contributed by atoms with E-state index in [2.05, 4.69) is 33.9 Å². The summed E-state index contributed by atoms with van der Waals surface area (Å²) in [6, 6.07) is 12.4. The Morgan fingerprint density at radius 3 is 3.05 bits per heavy atom. The summed E-state index contributed by atoms with van der Waals surface area (Å²) in [5, 5.41) is 17.5. The average molecular weight is 288 g/mol. The lowest BCUT2D eigenvalue weighted by Crippen LogP contribution is -2.18. The zero-order chi connectivity index (χ0) is 15.6. The number of nitriles is 1. The third-order valence-corrected chi connectivity index (χ3v) is 3.96. The molecule has 2 heterocycles. The van der Waals surface area contributed by atoms with Crippen molar-refractivity contribution in [3.63, 3.8) is 0 Å². The van der Waals surface area contributed by atoms with Crippen LogP contribution in [-0.4, -0.2) is 15.2 Å². The van der Waals surface area contributed by atoms with Crippen molar-refractivity contribution in [3.8, 4) is 17.2 Å². The van der Waals surface area contributed by atoms with Gasteiger partial charge in [-0.2, -0.15) is 10.4 Å². The SMILES string of the molecule is C=CCC(C)(C#N)c1cccc(-c2ccnc3[nH]ncc23)c1. The average Bonchev–Trinajstić information content (AvgIpc) is 3.03. The Hall–Kier alpha value is -2.93. The number of fused-ring (bicyclic) bond motifs is 1. The number of nitrogens with one attached hydrogen (secondary N) is 1. The normalized spacial score (nSPS) is 13.5. The molecule has 1 N–H and O–H groups in total. The second-order valence-electron chi connectivity index (χ2n) is 5.51. The van der Waals surface area contributed by atoms with E-state index in [1.807, 2.05) is 31.2 Å². The van der Waals surface area contributed by atoms with Gasteiger partial charge in [-0.05, 0) is 42.2 Å². The molecule has 0 saturated heterocycles. The van der Waals surface area contributed by atoms with Gasteiger partial charge in [-0.25, -0.2) is 4.98 Å². The van der Waals surface area contributed by atoms with Gasteiger partial charge in [0.1, 0.15) is 0 Å². The summed E-state index contributed by atoms with van der Waals surface area (Å²) in [5.74, 6) is 0. The highest BCUT2D eigenvalue weighted by Gasteiger charge is 2.25. The van der Waals surface area contributed by atoms with E-state index in [9.17, 15) is 5.26 Å². The Kier molecular flexibility index (Phi) is 3.48. The van der Waals surface area contributed by atoms with Crippen LogP contribution in [0.1, 0.15) is 18.9 Å². The van der Waals surface area contributed by atoms with Crippen molar-refractivity contribution in [1.82, 2.24) is 15.2 Å². The minimum absolute atomic E-state index is 0.569. The number of aromatic amines is 1. The first kappa shape index (κ1) is 14.0. The molecule has 3 rings (SSSR count). The number of nitrogens with zero attached hydrogens (tertiary/aromatic N) is 3. The van der Waals surface area contributed by atoms with Gasteiger partial charge in [0, 0.05) is 11.6 Å². The molecule has 1 unspecified atom stereocenters. The Morgan fingerprint density at radius 1 is 1.41 bits per heavy atom. The molecule has 4 heteroatoms. The van der Waals surface area contributed by atoms with Gasteiger partial charge in [-0.1, -0.05) is 24.3 Å². The molecule has 0 spiro atoms. The maximum absolute atomic E-state index is 9.55. The number of pyridine rings is 1. The lowest BCUT2D eigenvalue weighted by molar-refractivity contribution is 0.622. The maximum atomic E-state index is 9.55. The fourth-order valence-electron chi connectivity index (χ4n) is 2.65. The van der Waals surface area contributed by atoms with Crippen molar-refractivity contribution in [1.29, 1.82) is 5.26 Å². The van der Waals surface area contributed by atoms with Crippen LogP contribution in [0, 0.1) is 11.3 Å². The number of hydrogen-bond donors (Lipinski definition) is 1. The highest BCUT2D eigenvalue weighted by Crippen LogP contribution is 2.32. The van der Waals surface area contributed by atoms with E-state index in [1.165, 1.54) is 0 Å². The molecule has 1 aromatic carbocycles. The van der Waals surface area contributed by atoms with Gasteiger partial charge in [0.25, 0.3) is 0 Å². The van der Waals surface area contributed by atoms with E-state index in [4.69, 9.17) is 0 Å². The third kappa shape index (κ3) is 2.27. The van der Waals surface area contributed by atoms with Crippen molar-refractivity contribution < 1.29 is 0 Å². The van der Waals surface area contributed by atoms with Crippen molar-refractivity contribution in [2.75, 3.05) is 0 Å². The van der Waals surface area contributed by atoms with Crippen molar-refractivity contribution in [3.05, 3.63) is 60.9 Å². The van der Waals surface area contributed by atoms with Crippen LogP contribution in [0.25, 0.3) is 22.2 Å². The predicted octanol–water partition coefficient (Wildman–Crippen LogP) is 3.98. The van der Waals surface area contributed by atoms with Crippen LogP contribution < -0.4 is 0 Å². The first-order chi connectivity index (χ1) is 10.7. The fourth-order valence-corrected chi connectivity index (χ4v) is 2.65. The van der Waals surface area contributed by atoms with E-state index in [-0.39, 0.29) is 0 Å². The molecule has 2 aromatic heterocycles. The second kappa shape index (κ2) is 5.45. The van der Waals surface area contributed by atoms with Crippen LogP contribution in [0.2, 0.25) is 0 Å². The molecule has 0 amide bonds. The van der Waals surface area contributed by atoms with Crippen LogP contribution in [0.5, 0.6) is 0 Å². The van der Waals surface area contributed by atoms with Gasteiger partial charge in [-0.3, -0.25) is 5.10 Å². The Bertz CT molecular complexity index is 872. The van der Waals surface area contributed by atoms with Crippen LogP contribution in [-0.2, 0) is 5.41 Å². The van der Waals surface area contributed by atoms with E-state index in [1.54, 1.807) is 18.5 Å². The number of H-pyrrole nitrogens is 1. The molecule has 0 saturated carbocycles. The largest absolute Gasteiger partial charge is 0.261 e. The lowest BCUT2D eigenvalue weighted by Gasteiger charge is -2.21. The van der Waals surface area contributed by atoms with Crippen molar-refractivity contribution >= 4 is 11.0 Å². The molecule has 0 aliphatic carbocycles. The van der Waals surface area contributed by atoms with Gasteiger partial charge >= 0.3 is 0 Å². The molecule has 0 radical (unpaired) electrons. The molecular formula is C18H16N4. The molecule has 0 fully saturated rings. The van der Waals surface area contributed by atoms with Gasteiger partial charge < -0.3 is 0 Å². The first-order valence-corrected chi connectivity index (χ1v) is 7.09. The zero-order valence-corrected chi connectivity index (χ0v) is 12.4. The van der Waals surface area contributed by atoms with Crippen LogP contribution in [0.4, 0.5) is 0 Å².